The van der Waals surface area contributed by atoms with Gasteiger partial charge in [0.15, 0.2) is 0 Å². The van der Waals surface area contributed by atoms with Gasteiger partial charge in [0.25, 0.3) is 0 Å². The number of fused-ring (bicyclic) bond motifs is 2. The molecule has 0 spiro atoms. The molecule has 188 valence electrons. The van der Waals surface area contributed by atoms with Crippen molar-refractivity contribution in [3.8, 4) is 0 Å². The first-order chi connectivity index (χ1) is 17.9. The number of aromatic nitrogens is 3. The minimum atomic E-state index is -0.728. The van der Waals surface area contributed by atoms with Gasteiger partial charge >= 0.3 is 5.97 Å². The van der Waals surface area contributed by atoms with Crippen molar-refractivity contribution in [2.75, 3.05) is 23.0 Å². The summed E-state index contributed by atoms with van der Waals surface area (Å²) in [5.41, 5.74) is 4.85. The summed E-state index contributed by atoms with van der Waals surface area (Å²) in [6, 6.07) is 9.52. The van der Waals surface area contributed by atoms with Gasteiger partial charge < -0.3 is 10.0 Å². The molecular formula is C28H27FN6O2. The maximum absolute atomic E-state index is 14.8. The topological polar surface area (TPSA) is 86.9 Å². The molecule has 1 aliphatic carbocycles. The van der Waals surface area contributed by atoms with Gasteiger partial charge in [0, 0.05) is 42.9 Å². The number of aliphatic carboxylic acids is 1. The van der Waals surface area contributed by atoms with Gasteiger partial charge in [0.1, 0.15) is 11.6 Å². The Balaban J connectivity index is 1.37. The van der Waals surface area contributed by atoms with E-state index in [0.29, 0.717) is 31.6 Å². The summed E-state index contributed by atoms with van der Waals surface area (Å²) >= 11 is 0. The minimum absolute atomic E-state index is 0.287. The highest BCUT2D eigenvalue weighted by molar-refractivity contribution is 6.21. The Hall–Kier alpha value is -4.27. The van der Waals surface area contributed by atoms with Crippen molar-refractivity contribution in [2.24, 2.45) is 18.1 Å². The number of pyridine rings is 1. The van der Waals surface area contributed by atoms with E-state index in [2.05, 4.69) is 15.0 Å². The zero-order valence-corrected chi connectivity index (χ0v) is 20.7. The number of hydrogen-bond acceptors (Lipinski definition) is 6. The number of allylic oxidation sites excluding steroid dienone is 4. The Bertz CT molecular complexity index is 1510. The number of halogens is 1. The van der Waals surface area contributed by atoms with Gasteiger partial charge in [-0.25, -0.2) is 9.37 Å². The Labute approximate surface area is 213 Å². The first-order valence-electron chi connectivity index (χ1n) is 12.4. The first-order valence-corrected chi connectivity index (χ1v) is 12.4. The lowest BCUT2D eigenvalue weighted by Gasteiger charge is -2.31. The lowest BCUT2D eigenvalue weighted by molar-refractivity contribution is -0.142. The fourth-order valence-corrected chi connectivity index (χ4v) is 5.37. The van der Waals surface area contributed by atoms with E-state index in [4.69, 9.17) is 5.10 Å². The largest absolute Gasteiger partial charge is 0.481 e. The Morgan fingerprint density at radius 3 is 2.68 bits per heavy atom. The van der Waals surface area contributed by atoms with E-state index in [-0.39, 0.29) is 17.8 Å². The SMILES string of the molecule is CC1=CC2C(=CC(F)=C1)C(c1cccc3nn(C)cc13)=NN2c1ccc(N2CCC(C(=O)O)CC2)nc1. The summed E-state index contributed by atoms with van der Waals surface area (Å²) in [4.78, 5) is 18.1. The van der Waals surface area contributed by atoms with Gasteiger partial charge in [-0.3, -0.25) is 14.5 Å². The zero-order valence-electron chi connectivity index (χ0n) is 20.7. The Morgan fingerprint density at radius 1 is 1.14 bits per heavy atom. The zero-order chi connectivity index (χ0) is 25.7. The van der Waals surface area contributed by atoms with Crippen molar-refractivity contribution < 1.29 is 14.3 Å². The first kappa shape index (κ1) is 23.1. The smallest absolute Gasteiger partial charge is 0.306 e. The molecule has 37 heavy (non-hydrogen) atoms. The van der Waals surface area contributed by atoms with Crippen LogP contribution in [0.3, 0.4) is 0 Å². The van der Waals surface area contributed by atoms with Gasteiger partial charge in [-0.1, -0.05) is 18.2 Å². The van der Waals surface area contributed by atoms with Gasteiger partial charge in [0.05, 0.1) is 35.1 Å². The molecule has 0 saturated carbocycles. The number of anilines is 2. The van der Waals surface area contributed by atoms with E-state index in [0.717, 1.165) is 39.1 Å². The number of hydrogen-bond donors (Lipinski definition) is 1. The number of benzene rings is 1. The highest BCUT2D eigenvalue weighted by Gasteiger charge is 2.35. The van der Waals surface area contributed by atoms with Crippen molar-refractivity contribution >= 4 is 34.1 Å². The maximum Gasteiger partial charge on any atom is 0.306 e. The number of rotatable bonds is 4. The highest BCUT2D eigenvalue weighted by Crippen LogP contribution is 2.36. The summed E-state index contributed by atoms with van der Waals surface area (Å²) in [6.07, 6.45) is 10.1. The van der Waals surface area contributed by atoms with Crippen LogP contribution in [0.5, 0.6) is 0 Å². The molecule has 9 heteroatoms. The van der Waals surface area contributed by atoms with Gasteiger partial charge in [0.2, 0.25) is 0 Å². The third kappa shape index (κ3) is 4.20. The van der Waals surface area contributed by atoms with Crippen LogP contribution in [0.25, 0.3) is 10.9 Å². The molecule has 0 bridgehead atoms. The molecule has 1 N–H and O–H groups in total. The molecule has 3 aliphatic rings. The van der Waals surface area contributed by atoms with Crippen molar-refractivity contribution in [2.45, 2.75) is 25.8 Å². The van der Waals surface area contributed by atoms with E-state index in [9.17, 15) is 14.3 Å². The van der Waals surface area contributed by atoms with Crippen LogP contribution in [0, 0.1) is 5.92 Å². The number of carbonyl (C=O) groups is 1. The van der Waals surface area contributed by atoms with Crippen LogP contribution in [0.15, 0.2) is 83.0 Å². The van der Waals surface area contributed by atoms with Crippen molar-refractivity contribution in [3.05, 3.63) is 83.5 Å². The Kier molecular flexibility index (Phi) is 5.62. The van der Waals surface area contributed by atoms with E-state index in [1.807, 2.05) is 61.6 Å². The third-order valence-electron chi connectivity index (χ3n) is 7.23. The normalized spacial score (nSPS) is 20.2. The molecule has 1 fully saturated rings. The number of aryl methyl sites for hydroxylation is 1. The van der Waals surface area contributed by atoms with E-state index >= 15 is 0 Å². The van der Waals surface area contributed by atoms with Gasteiger partial charge in [-0.15, -0.1) is 0 Å². The van der Waals surface area contributed by atoms with Crippen LogP contribution < -0.4 is 9.91 Å². The van der Waals surface area contributed by atoms with Crippen LogP contribution in [-0.4, -0.2) is 50.7 Å². The average Bonchev–Trinajstić information content (AvgIpc) is 3.39. The molecule has 2 aliphatic heterocycles. The number of nitrogens with zero attached hydrogens (tertiary/aromatic N) is 6. The summed E-state index contributed by atoms with van der Waals surface area (Å²) in [5, 5.41) is 21.6. The van der Waals surface area contributed by atoms with Crippen LogP contribution in [0.2, 0.25) is 0 Å². The number of hydrazone groups is 1. The molecule has 1 atom stereocenters. The fraction of sp³-hybridized carbons (Fsp3) is 0.286. The summed E-state index contributed by atoms with van der Waals surface area (Å²) in [5.74, 6) is -0.514. The summed E-state index contributed by atoms with van der Waals surface area (Å²) in [7, 11) is 1.88. The predicted octanol–water partition coefficient (Wildman–Crippen LogP) is 4.60. The van der Waals surface area contributed by atoms with Crippen molar-refractivity contribution in [1.82, 2.24) is 14.8 Å². The molecule has 6 rings (SSSR count). The molecule has 0 amide bonds. The molecule has 1 unspecified atom stereocenters. The van der Waals surface area contributed by atoms with E-state index in [1.54, 1.807) is 17.0 Å². The van der Waals surface area contributed by atoms with Crippen LogP contribution in [0.1, 0.15) is 25.3 Å². The van der Waals surface area contributed by atoms with Crippen molar-refractivity contribution in [3.63, 3.8) is 0 Å². The highest BCUT2D eigenvalue weighted by atomic mass is 19.1. The number of carboxylic acid groups (broad SMARTS) is 1. The lowest BCUT2D eigenvalue weighted by atomic mass is 9.95. The molecule has 2 aromatic heterocycles. The van der Waals surface area contributed by atoms with Gasteiger partial charge in [-0.05, 0) is 55.7 Å². The van der Waals surface area contributed by atoms with Crippen LogP contribution in [-0.2, 0) is 11.8 Å². The van der Waals surface area contributed by atoms with Gasteiger partial charge in [-0.2, -0.15) is 10.2 Å². The van der Waals surface area contributed by atoms with E-state index in [1.165, 1.54) is 6.08 Å². The second-order valence-corrected chi connectivity index (χ2v) is 9.79. The minimum Gasteiger partial charge on any atom is -0.481 e. The van der Waals surface area contributed by atoms with Crippen molar-refractivity contribution in [1.29, 1.82) is 0 Å². The molecule has 4 heterocycles. The third-order valence-corrected chi connectivity index (χ3v) is 7.23. The quantitative estimate of drug-likeness (QED) is 0.566. The maximum atomic E-state index is 14.8. The lowest BCUT2D eigenvalue weighted by Crippen LogP contribution is -2.36. The second kappa shape index (κ2) is 8.99. The number of carboxylic acids is 1. The van der Waals surface area contributed by atoms with Crippen LogP contribution in [0.4, 0.5) is 15.9 Å². The molecule has 8 nitrogen and oxygen atoms in total. The molecule has 1 saturated heterocycles. The fourth-order valence-electron chi connectivity index (χ4n) is 5.37. The summed E-state index contributed by atoms with van der Waals surface area (Å²) in [6.45, 7) is 3.20. The second-order valence-electron chi connectivity index (χ2n) is 9.79. The molecule has 3 aromatic rings. The Morgan fingerprint density at radius 2 is 1.95 bits per heavy atom. The average molecular weight is 499 g/mol. The standard InChI is InChI=1S/C28H27FN6O2/c1-17-12-19(29)14-22-25(13-17)35(32-27(22)21-4-3-5-24-23(21)16-33(2)31-24)20-6-7-26(30-15-20)34-10-8-18(9-11-34)28(36)37/h3-7,12-16,18,25H,8-11H2,1-2H3,(H,36,37). The molecule has 1 aromatic carbocycles. The summed E-state index contributed by atoms with van der Waals surface area (Å²) < 4.78 is 16.6. The number of piperidine rings is 1. The van der Waals surface area contributed by atoms with E-state index < -0.39 is 5.97 Å². The van der Waals surface area contributed by atoms with Crippen LogP contribution >= 0.6 is 0 Å². The molecular weight excluding hydrogens is 471 g/mol. The monoisotopic (exact) mass is 498 g/mol. The molecule has 0 radical (unpaired) electrons. The predicted molar refractivity (Wildman–Crippen MR) is 141 cm³/mol.